The van der Waals surface area contributed by atoms with Crippen molar-refractivity contribution in [1.29, 1.82) is 5.41 Å². The van der Waals surface area contributed by atoms with E-state index in [0.717, 1.165) is 0 Å². The van der Waals surface area contributed by atoms with E-state index in [9.17, 15) is 4.79 Å². The SMILES string of the molecule is N=[C]CC[C]=C=O. The Hall–Kier alpha value is -0.880. The molecule has 0 aromatic heterocycles. The second kappa shape index (κ2) is 5.12. The number of carbonyl (C=O) groups excluding carboxylic acids is 1. The lowest BCUT2D eigenvalue weighted by atomic mass is 10.3. The highest BCUT2D eigenvalue weighted by molar-refractivity contribution is 5.53. The van der Waals surface area contributed by atoms with Crippen LogP contribution < -0.4 is 0 Å². The van der Waals surface area contributed by atoms with Crippen LogP contribution in [0.1, 0.15) is 12.8 Å². The number of unbranched alkanes of at least 4 members (excludes halogenated alkanes) is 1. The van der Waals surface area contributed by atoms with Gasteiger partial charge < -0.3 is 5.41 Å². The van der Waals surface area contributed by atoms with Gasteiger partial charge in [0.2, 0.25) is 0 Å². The minimum Gasteiger partial charge on any atom is -0.303 e. The molecule has 0 bridgehead atoms. The van der Waals surface area contributed by atoms with E-state index in [2.05, 4.69) is 12.3 Å². The highest BCUT2D eigenvalue weighted by atomic mass is 16.1. The molecule has 0 saturated carbocycles. The van der Waals surface area contributed by atoms with Gasteiger partial charge in [-0.25, -0.2) is 4.79 Å². The van der Waals surface area contributed by atoms with Gasteiger partial charge in [0.1, 0.15) is 5.94 Å². The van der Waals surface area contributed by atoms with Crippen molar-refractivity contribution in [2.75, 3.05) is 0 Å². The molecule has 0 atom stereocenters. The van der Waals surface area contributed by atoms with Crippen LogP contribution in [0.5, 0.6) is 0 Å². The molecular weight excluding hydrogens is 90.1 g/mol. The number of hydrogen-bond donors (Lipinski definition) is 1. The van der Waals surface area contributed by atoms with Crippen LogP contribution >= 0.6 is 0 Å². The highest BCUT2D eigenvalue weighted by Crippen LogP contribution is 1.78. The molecule has 0 aromatic rings. The third-order valence-electron chi connectivity index (χ3n) is 0.447. The van der Waals surface area contributed by atoms with E-state index in [1.807, 2.05) is 0 Å². The van der Waals surface area contributed by atoms with E-state index in [1.165, 1.54) is 5.94 Å². The standard InChI is InChI=1S/C5H5NO/c6-4-2-1-3-5-7/h6H,1-2H2. The molecule has 0 fully saturated rings. The van der Waals surface area contributed by atoms with Gasteiger partial charge in [-0.2, -0.15) is 0 Å². The maximum Gasteiger partial charge on any atom is 0.128 e. The van der Waals surface area contributed by atoms with Crippen molar-refractivity contribution < 1.29 is 4.79 Å². The third kappa shape index (κ3) is 5.12. The van der Waals surface area contributed by atoms with Crippen LogP contribution in [0.3, 0.4) is 0 Å². The normalized spacial score (nSPS) is 6.86. The Kier molecular flexibility index (Phi) is 4.48. The van der Waals surface area contributed by atoms with E-state index < -0.39 is 0 Å². The van der Waals surface area contributed by atoms with Gasteiger partial charge >= 0.3 is 0 Å². The van der Waals surface area contributed by atoms with E-state index >= 15 is 0 Å². The molecule has 2 heteroatoms. The predicted molar refractivity (Wildman–Crippen MR) is 25.9 cm³/mol. The molecule has 7 heavy (non-hydrogen) atoms. The summed E-state index contributed by atoms with van der Waals surface area (Å²) in [5.74, 6) is 1.48. The minimum absolute atomic E-state index is 0.465. The molecular formula is C5H5NO. The Labute approximate surface area is 42.4 Å². The molecule has 1 N–H and O–H groups in total. The first-order chi connectivity index (χ1) is 3.41. The predicted octanol–water partition coefficient (Wildman–Crippen LogP) is 0.484. The molecule has 36 valence electrons. The van der Waals surface area contributed by atoms with Crippen molar-refractivity contribution in [3.63, 3.8) is 0 Å². The van der Waals surface area contributed by atoms with Gasteiger partial charge in [0.25, 0.3) is 0 Å². The van der Waals surface area contributed by atoms with Crippen LogP contribution in [0, 0.1) is 11.5 Å². The second-order valence-corrected chi connectivity index (χ2v) is 0.956. The molecule has 0 rings (SSSR count). The van der Waals surface area contributed by atoms with Crippen LogP contribution in [0.4, 0.5) is 0 Å². The maximum atomic E-state index is 9.35. The van der Waals surface area contributed by atoms with Crippen molar-refractivity contribution in [3.8, 4) is 0 Å². The highest BCUT2D eigenvalue weighted by Gasteiger charge is 1.73. The summed E-state index contributed by atoms with van der Waals surface area (Å²) in [6, 6.07) is 0. The molecule has 0 aliphatic rings. The summed E-state index contributed by atoms with van der Waals surface area (Å²) in [7, 11) is 0. The first-order valence-electron chi connectivity index (χ1n) is 1.91. The summed E-state index contributed by atoms with van der Waals surface area (Å²) in [5, 5.41) is 6.36. The molecule has 0 saturated heterocycles. The number of rotatable bonds is 3. The van der Waals surface area contributed by atoms with Crippen molar-refractivity contribution in [3.05, 3.63) is 6.08 Å². The van der Waals surface area contributed by atoms with Crippen LogP contribution in [0.15, 0.2) is 0 Å². The van der Waals surface area contributed by atoms with Gasteiger partial charge in [-0.3, -0.25) is 0 Å². The zero-order valence-electron chi connectivity index (χ0n) is 3.82. The summed E-state index contributed by atoms with van der Waals surface area (Å²) in [5.41, 5.74) is 0. The Morgan fingerprint density at radius 3 is 2.57 bits per heavy atom. The van der Waals surface area contributed by atoms with E-state index in [-0.39, 0.29) is 0 Å². The molecule has 0 unspecified atom stereocenters. The lowest BCUT2D eigenvalue weighted by molar-refractivity contribution is 0.567. The Bertz CT molecular complexity index is 92.3. The van der Waals surface area contributed by atoms with Gasteiger partial charge in [0, 0.05) is 0 Å². The Balaban J connectivity index is 2.97. The largest absolute Gasteiger partial charge is 0.303 e. The molecule has 0 aliphatic heterocycles. The average Bonchev–Trinajstić information content (AvgIpc) is 1.69. The summed E-state index contributed by atoms with van der Waals surface area (Å²) in [6.07, 6.45) is 5.30. The van der Waals surface area contributed by atoms with Crippen molar-refractivity contribution in [2.45, 2.75) is 12.8 Å². The lowest BCUT2D eigenvalue weighted by Crippen LogP contribution is -1.68. The van der Waals surface area contributed by atoms with Gasteiger partial charge in [-0.15, -0.1) is 0 Å². The fourth-order valence-corrected chi connectivity index (χ4v) is 0.176. The zero-order valence-corrected chi connectivity index (χ0v) is 3.82. The van der Waals surface area contributed by atoms with Gasteiger partial charge in [0.15, 0.2) is 0 Å². The topological polar surface area (TPSA) is 40.9 Å². The molecule has 2 radical (unpaired) electrons. The fraction of sp³-hybridized carbons (Fsp3) is 0.400. The van der Waals surface area contributed by atoms with E-state index in [1.54, 1.807) is 0 Å². The van der Waals surface area contributed by atoms with E-state index in [0.29, 0.717) is 12.8 Å². The minimum atomic E-state index is 0.465. The summed E-state index contributed by atoms with van der Waals surface area (Å²) in [4.78, 5) is 9.35. The van der Waals surface area contributed by atoms with Gasteiger partial charge in [-0.1, -0.05) is 0 Å². The molecule has 0 spiro atoms. The monoisotopic (exact) mass is 95.0 g/mol. The van der Waals surface area contributed by atoms with Crippen molar-refractivity contribution in [2.24, 2.45) is 0 Å². The average molecular weight is 95.1 g/mol. The van der Waals surface area contributed by atoms with Gasteiger partial charge in [0.05, 0.1) is 12.3 Å². The number of nitrogens with one attached hydrogen (secondary N) is 1. The third-order valence-corrected chi connectivity index (χ3v) is 0.447. The van der Waals surface area contributed by atoms with Crippen LogP contribution in [-0.2, 0) is 4.79 Å². The lowest BCUT2D eigenvalue weighted by Gasteiger charge is -1.71. The van der Waals surface area contributed by atoms with Crippen LogP contribution in [-0.4, -0.2) is 12.2 Å². The van der Waals surface area contributed by atoms with Crippen molar-refractivity contribution >= 4 is 12.2 Å². The first-order valence-corrected chi connectivity index (χ1v) is 1.91. The van der Waals surface area contributed by atoms with Crippen molar-refractivity contribution in [1.82, 2.24) is 0 Å². The van der Waals surface area contributed by atoms with E-state index in [4.69, 9.17) is 5.41 Å². The Morgan fingerprint density at radius 2 is 2.14 bits per heavy atom. The molecule has 2 nitrogen and oxygen atoms in total. The zero-order chi connectivity index (χ0) is 5.54. The molecule has 0 heterocycles. The Morgan fingerprint density at radius 1 is 1.43 bits per heavy atom. The molecule has 0 aromatic carbocycles. The molecule has 0 aliphatic carbocycles. The molecule has 0 amide bonds. The number of allylic oxidation sites excluding steroid dienone is 1. The second-order valence-electron chi connectivity index (χ2n) is 0.956. The first kappa shape index (κ1) is 6.12. The van der Waals surface area contributed by atoms with Crippen LogP contribution in [0.2, 0.25) is 0 Å². The summed E-state index contributed by atoms with van der Waals surface area (Å²) in [6.45, 7) is 0. The van der Waals surface area contributed by atoms with Crippen LogP contribution in [0.25, 0.3) is 0 Å². The van der Waals surface area contributed by atoms with Gasteiger partial charge in [-0.05, 0) is 12.8 Å². The summed E-state index contributed by atoms with van der Waals surface area (Å²) < 4.78 is 0. The number of hydrogen-bond acceptors (Lipinski definition) is 2. The quantitative estimate of drug-likeness (QED) is 0.309. The summed E-state index contributed by atoms with van der Waals surface area (Å²) >= 11 is 0. The smallest absolute Gasteiger partial charge is 0.128 e. The maximum absolute atomic E-state index is 9.35. The fourth-order valence-electron chi connectivity index (χ4n) is 0.176.